The van der Waals surface area contributed by atoms with Gasteiger partial charge in [-0.05, 0) is 45.1 Å². The van der Waals surface area contributed by atoms with Crippen LogP contribution in [-0.2, 0) is 11.3 Å². The van der Waals surface area contributed by atoms with Crippen LogP contribution in [0.3, 0.4) is 0 Å². The van der Waals surface area contributed by atoms with Crippen molar-refractivity contribution >= 4 is 5.91 Å². The first kappa shape index (κ1) is 15.1. The van der Waals surface area contributed by atoms with Crippen LogP contribution in [0.25, 0.3) is 0 Å². The molecule has 1 amide bonds. The van der Waals surface area contributed by atoms with Crippen molar-refractivity contribution in [2.75, 3.05) is 13.1 Å². The first-order valence-corrected chi connectivity index (χ1v) is 9.12. The molecule has 0 N–H and O–H groups in total. The van der Waals surface area contributed by atoms with Gasteiger partial charge in [0.15, 0.2) is 0 Å². The van der Waals surface area contributed by atoms with Gasteiger partial charge in [-0.3, -0.25) is 9.69 Å². The SMILES string of the molecule is CCC(=O)N1CCC[C@H]1[C@H]1CCCN1Cc1nnc(C2CC2)o1. The first-order chi connectivity index (χ1) is 11.3. The molecule has 126 valence electrons. The van der Waals surface area contributed by atoms with Crippen LogP contribution in [0.2, 0.25) is 0 Å². The second-order valence-corrected chi connectivity index (χ2v) is 7.14. The summed E-state index contributed by atoms with van der Waals surface area (Å²) in [6.45, 7) is 4.68. The summed E-state index contributed by atoms with van der Waals surface area (Å²) in [4.78, 5) is 16.8. The Kier molecular flexibility index (Phi) is 4.09. The second-order valence-electron chi connectivity index (χ2n) is 7.14. The maximum Gasteiger partial charge on any atom is 0.230 e. The van der Waals surface area contributed by atoms with Gasteiger partial charge in [0.25, 0.3) is 0 Å². The van der Waals surface area contributed by atoms with E-state index in [0.29, 0.717) is 30.3 Å². The molecule has 2 aliphatic heterocycles. The van der Waals surface area contributed by atoms with Crippen LogP contribution in [0.4, 0.5) is 0 Å². The predicted octanol–water partition coefficient (Wildman–Crippen LogP) is 2.31. The van der Waals surface area contributed by atoms with Gasteiger partial charge in [-0.2, -0.15) is 0 Å². The predicted molar refractivity (Wildman–Crippen MR) is 84.7 cm³/mol. The lowest BCUT2D eigenvalue weighted by Gasteiger charge is -2.34. The monoisotopic (exact) mass is 318 g/mol. The molecule has 0 unspecified atom stereocenters. The van der Waals surface area contributed by atoms with Crippen molar-refractivity contribution in [3.05, 3.63) is 11.8 Å². The van der Waals surface area contributed by atoms with Crippen molar-refractivity contribution < 1.29 is 9.21 Å². The number of carbonyl (C=O) groups excluding carboxylic acids is 1. The van der Waals surface area contributed by atoms with Crippen molar-refractivity contribution in [1.29, 1.82) is 0 Å². The average molecular weight is 318 g/mol. The topological polar surface area (TPSA) is 62.5 Å². The number of amides is 1. The Balaban J connectivity index is 1.44. The van der Waals surface area contributed by atoms with Gasteiger partial charge in [0.2, 0.25) is 17.7 Å². The van der Waals surface area contributed by atoms with Crippen LogP contribution < -0.4 is 0 Å². The van der Waals surface area contributed by atoms with Crippen molar-refractivity contribution in [3.63, 3.8) is 0 Å². The third-order valence-electron chi connectivity index (χ3n) is 5.53. The van der Waals surface area contributed by atoms with E-state index < -0.39 is 0 Å². The van der Waals surface area contributed by atoms with E-state index in [1.165, 1.54) is 25.7 Å². The van der Waals surface area contributed by atoms with Gasteiger partial charge in [0.05, 0.1) is 6.54 Å². The summed E-state index contributed by atoms with van der Waals surface area (Å²) in [5, 5.41) is 8.42. The number of likely N-dealkylation sites (tertiary alicyclic amines) is 2. The molecule has 0 bridgehead atoms. The van der Waals surface area contributed by atoms with Crippen molar-refractivity contribution in [1.82, 2.24) is 20.0 Å². The molecule has 23 heavy (non-hydrogen) atoms. The van der Waals surface area contributed by atoms with Crippen LogP contribution in [0.15, 0.2) is 4.42 Å². The molecule has 1 saturated carbocycles. The summed E-state index contributed by atoms with van der Waals surface area (Å²) in [6.07, 6.45) is 7.60. The van der Waals surface area contributed by atoms with E-state index in [1.54, 1.807) is 0 Å². The fourth-order valence-electron chi connectivity index (χ4n) is 4.19. The number of rotatable bonds is 5. The van der Waals surface area contributed by atoms with Gasteiger partial charge in [0.1, 0.15) is 0 Å². The van der Waals surface area contributed by atoms with Crippen molar-refractivity contribution in [2.45, 2.75) is 76.4 Å². The molecule has 3 fully saturated rings. The third-order valence-corrected chi connectivity index (χ3v) is 5.53. The Bertz CT molecular complexity index is 569. The molecular weight excluding hydrogens is 292 g/mol. The van der Waals surface area contributed by atoms with E-state index in [9.17, 15) is 4.79 Å². The Morgan fingerprint density at radius 1 is 1.13 bits per heavy atom. The minimum Gasteiger partial charge on any atom is -0.424 e. The smallest absolute Gasteiger partial charge is 0.230 e. The summed E-state index contributed by atoms with van der Waals surface area (Å²) >= 11 is 0. The van der Waals surface area contributed by atoms with E-state index in [2.05, 4.69) is 20.0 Å². The van der Waals surface area contributed by atoms with Gasteiger partial charge >= 0.3 is 0 Å². The van der Waals surface area contributed by atoms with Crippen molar-refractivity contribution in [2.24, 2.45) is 0 Å². The number of hydrogen-bond acceptors (Lipinski definition) is 5. The molecule has 0 aromatic carbocycles. The highest BCUT2D eigenvalue weighted by molar-refractivity contribution is 5.76. The third kappa shape index (κ3) is 3.01. The molecule has 0 radical (unpaired) electrons. The number of carbonyl (C=O) groups is 1. The highest BCUT2D eigenvalue weighted by atomic mass is 16.4. The molecule has 4 rings (SSSR count). The zero-order valence-corrected chi connectivity index (χ0v) is 13.9. The van der Waals surface area contributed by atoms with Gasteiger partial charge < -0.3 is 9.32 Å². The lowest BCUT2D eigenvalue weighted by atomic mass is 10.0. The normalized spacial score (nSPS) is 28.7. The Morgan fingerprint density at radius 3 is 2.70 bits per heavy atom. The van der Waals surface area contributed by atoms with Crippen molar-refractivity contribution in [3.8, 4) is 0 Å². The lowest BCUT2D eigenvalue weighted by molar-refractivity contribution is -0.132. The van der Waals surface area contributed by atoms with Crippen LogP contribution in [-0.4, -0.2) is 51.1 Å². The molecule has 3 heterocycles. The maximum atomic E-state index is 12.2. The summed E-state index contributed by atoms with van der Waals surface area (Å²) in [6, 6.07) is 0.819. The van der Waals surface area contributed by atoms with Gasteiger partial charge in [-0.15, -0.1) is 10.2 Å². The molecule has 6 heteroatoms. The molecule has 1 aromatic heterocycles. The Labute approximate surface area is 137 Å². The van der Waals surface area contributed by atoms with E-state index in [-0.39, 0.29) is 0 Å². The lowest BCUT2D eigenvalue weighted by Crippen LogP contribution is -2.47. The summed E-state index contributed by atoms with van der Waals surface area (Å²) in [5.41, 5.74) is 0. The van der Waals surface area contributed by atoms with E-state index in [4.69, 9.17) is 4.42 Å². The summed E-state index contributed by atoms with van der Waals surface area (Å²) in [7, 11) is 0. The zero-order chi connectivity index (χ0) is 15.8. The summed E-state index contributed by atoms with van der Waals surface area (Å²) < 4.78 is 5.83. The largest absolute Gasteiger partial charge is 0.424 e. The molecule has 2 saturated heterocycles. The summed E-state index contributed by atoms with van der Waals surface area (Å²) in [5.74, 6) is 2.37. The van der Waals surface area contributed by atoms with Crippen LogP contribution in [0.5, 0.6) is 0 Å². The maximum absolute atomic E-state index is 12.2. The Hall–Kier alpha value is -1.43. The molecular formula is C17H26N4O2. The van der Waals surface area contributed by atoms with E-state index in [0.717, 1.165) is 44.3 Å². The highest BCUT2D eigenvalue weighted by Crippen LogP contribution is 2.39. The molecule has 2 atom stereocenters. The first-order valence-electron chi connectivity index (χ1n) is 9.12. The van der Waals surface area contributed by atoms with E-state index in [1.807, 2.05) is 6.92 Å². The van der Waals surface area contributed by atoms with Gasteiger partial charge in [-0.1, -0.05) is 6.92 Å². The Morgan fingerprint density at radius 2 is 1.91 bits per heavy atom. The standard InChI is InChI=1S/C17H26N4O2/c1-2-16(22)21-10-4-6-14(21)13-5-3-9-20(13)11-15-18-19-17(23-15)12-7-8-12/h12-14H,2-11H2,1H3/t13-,14+/m1/s1. The van der Waals surface area contributed by atoms with Gasteiger partial charge in [0, 0.05) is 31.0 Å². The fourth-order valence-corrected chi connectivity index (χ4v) is 4.19. The van der Waals surface area contributed by atoms with Crippen LogP contribution >= 0.6 is 0 Å². The minimum absolute atomic E-state index is 0.299. The van der Waals surface area contributed by atoms with E-state index >= 15 is 0 Å². The van der Waals surface area contributed by atoms with Crippen LogP contribution in [0.1, 0.15) is 69.6 Å². The zero-order valence-electron chi connectivity index (χ0n) is 13.9. The quantitative estimate of drug-likeness (QED) is 0.833. The molecule has 6 nitrogen and oxygen atoms in total. The molecule has 1 aliphatic carbocycles. The molecule has 1 aromatic rings. The fraction of sp³-hybridized carbons (Fsp3) is 0.824. The van der Waals surface area contributed by atoms with Gasteiger partial charge in [-0.25, -0.2) is 0 Å². The minimum atomic E-state index is 0.299. The average Bonchev–Trinajstić information content (AvgIpc) is 2.97. The second kappa shape index (κ2) is 6.23. The van der Waals surface area contributed by atoms with Crippen LogP contribution in [0, 0.1) is 0 Å². The molecule has 3 aliphatic rings. The number of hydrogen-bond donors (Lipinski definition) is 0. The highest BCUT2D eigenvalue weighted by Gasteiger charge is 2.39. The number of aromatic nitrogens is 2. The molecule has 0 spiro atoms. The number of nitrogens with zero attached hydrogens (tertiary/aromatic N) is 4.